The van der Waals surface area contributed by atoms with Crippen LogP contribution in [0.3, 0.4) is 0 Å². The molecule has 1 N–H and O–H groups in total. The minimum absolute atomic E-state index is 0.728. The molecule has 0 atom stereocenters. The van der Waals surface area contributed by atoms with Crippen LogP contribution in [0.2, 0.25) is 0 Å². The van der Waals surface area contributed by atoms with Crippen molar-refractivity contribution in [1.82, 2.24) is 0 Å². The van der Waals surface area contributed by atoms with Crippen molar-refractivity contribution in [2.45, 2.75) is 0 Å². The topological polar surface area (TPSA) is 66.5 Å². The Balaban J connectivity index is 2.08. The van der Waals surface area contributed by atoms with Crippen molar-refractivity contribution in [3.63, 3.8) is 0 Å². The molecule has 0 aliphatic carbocycles. The van der Waals surface area contributed by atoms with Crippen LogP contribution < -0.4 is 4.74 Å². The first-order valence-corrected chi connectivity index (χ1v) is 5.65. The molecule has 0 bridgehead atoms. The Morgan fingerprint density at radius 1 is 0.895 bits per heavy atom. The van der Waals surface area contributed by atoms with Gasteiger partial charge in [0.1, 0.15) is 5.75 Å². The summed E-state index contributed by atoms with van der Waals surface area (Å²) in [5, 5.41) is 19.6. The second kappa shape index (κ2) is 6.30. The van der Waals surface area contributed by atoms with E-state index in [4.69, 9.17) is 9.94 Å². The summed E-state index contributed by atoms with van der Waals surface area (Å²) >= 11 is 0. The highest BCUT2D eigenvalue weighted by molar-refractivity contribution is 5.79. The van der Waals surface area contributed by atoms with Gasteiger partial charge < -0.3 is 9.94 Å². The lowest BCUT2D eigenvalue weighted by Gasteiger charge is -1.98. The van der Waals surface area contributed by atoms with E-state index in [1.807, 2.05) is 24.3 Å². The van der Waals surface area contributed by atoms with Crippen molar-refractivity contribution in [1.29, 1.82) is 0 Å². The van der Waals surface area contributed by atoms with Gasteiger partial charge in [0, 0.05) is 0 Å². The molecule has 5 nitrogen and oxygen atoms in total. The van der Waals surface area contributed by atoms with Crippen LogP contribution in [0.15, 0.2) is 63.9 Å². The zero-order chi connectivity index (χ0) is 13.5. The molecule has 0 aromatic heterocycles. The number of azo groups is 1. The van der Waals surface area contributed by atoms with Gasteiger partial charge in [0.25, 0.3) is 0 Å². The van der Waals surface area contributed by atoms with Gasteiger partial charge in [-0.15, -0.1) is 0 Å². The van der Waals surface area contributed by atoms with Gasteiger partial charge >= 0.3 is 0 Å². The minimum Gasteiger partial charge on any atom is -0.497 e. The Kier molecular flexibility index (Phi) is 4.23. The van der Waals surface area contributed by atoms with Crippen molar-refractivity contribution in [3.8, 4) is 5.75 Å². The normalized spacial score (nSPS) is 11.2. The first-order valence-electron chi connectivity index (χ1n) is 5.65. The molecule has 0 radical (unpaired) electrons. The maximum absolute atomic E-state index is 8.40. The van der Waals surface area contributed by atoms with Crippen molar-refractivity contribution >= 4 is 17.6 Å². The monoisotopic (exact) mass is 255 g/mol. The molecule has 5 heteroatoms. The lowest BCUT2D eigenvalue weighted by atomic mass is 10.2. The van der Waals surface area contributed by atoms with E-state index in [0.717, 1.165) is 22.7 Å². The Bertz CT molecular complexity index is 575. The number of nitrogens with zero attached hydrogens (tertiary/aromatic N) is 3. The Labute approximate surface area is 110 Å². The van der Waals surface area contributed by atoms with Crippen molar-refractivity contribution in [3.05, 3.63) is 54.1 Å². The summed E-state index contributed by atoms with van der Waals surface area (Å²) in [6.07, 6.45) is 1.35. The summed E-state index contributed by atoms with van der Waals surface area (Å²) in [6.45, 7) is 0. The van der Waals surface area contributed by atoms with Crippen LogP contribution >= 0.6 is 0 Å². The van der Waals surface area contributed by atoms with Gasteiger partial charge in [-0.05, 0) is 42.0 Å². The zero-order valence-electron chi connectivity index (χ0n) is 10.4. The molecular formula is C14H13N3O2. The number of oxime groups is 1. The Morgan fingerprint density at radius 2 is 1.42 bits per heavy atom. The number of rotatable bonds is 4. The minimum atomic E-state index is 0.728. The third-order valence-corrected chi connectivity index (χ3v) is 2.45. The van der Waals surface area contributed by atoms with E-state index < -0.39 is 0 Å². The summed E-state index contributed by atoms with van der Waals surface area (Å²) < 4.78 is 5.06. The highest BCUT2D eigenvalue weighted by Gasteiger charge is 1.93. The Morgan fingerprint density at radius 3 is 1.89 bits per heavy atom. The van der Waals surface area contributed by atoms with Crippen LogP contribution in [0.5, 0.6) is 5.75 Å². The maximum Gasteiger partial charge on any atom is 0.119 e. The van der Waals surface area contributed by atoms with Gasteiger partial charge in [-0.3, -0.25) is 0 Å². The number of hydrogen-bond acceptors (Lipinski definition) is 5. The third kappa shape index (κ3) is 3.64. The number of methoxy groups -OCH3 is 1. The van der Waals surface area contributed by atoms with Crippen molar-refractivity contribution < 1.29 is 9.94 Å². The molecule has 0 fully saturated rings. The van der Waals surface area contributed by atoms with Crippen LogP contribution in [0.4, 0.5) is 11.4 Å². The molecule has 0 saturated heterocycles. The number of benzene rings is 2. The van der Waals surface area contributed by atoms with E-state index in [1.54, 1.807) is 31.4 Å². The lowest BCUT2D eigenvalue weighted by Crippen LogP contribution is -1.79. The second-order valence-corrected chi connectivity index (χ2v) is 3.73. The molecule has 2 aromatic carbocycles. The number of ether oxygens (including phenoxy) is 1. The fraction of sp³-hybridized carbons (Fsp3) is 0.0714. The number of hydrogen-bond donors (Lipinski definition) is 1. The molecule has 96 valence electrons. The van der Waals surface area contributed by atoms with E-state index >= 15 is 0 Å². The van der Waals surface area contributed by atoms with E-state index in [2.05, 4.69) is 15.4 Å². The summed E-state index contributed by atoms with van der Waals surface area (Å²) in [6, 6.07) is 14.5. The van der Waals surface area contributed by atoms with E-state index in [-0.39, 0.29) is 0 Å². The predicted octanol–water partition coefficient (Wildman–Crippen LogP) is 3.92. The van der Waals surface area contributed by atoms with Crippen LogP contribution in [-0.2, 0) is 0 Å². The molecule has 2 aromatic rings. The summed E-state index contributed by atoms with van der Waals surface area (Å²) in [4.78, 5) is 0. The molecular weight excluding hydrogens is 242 g/mol. The van der Waals surface area contributed by atoms with Gasteiger partial charge in [-0.1, -0.05) is 17.3 Å². The average molecular weight is 255 g/mol. The molecule has 0 aliphatic heterocycles. The quantitative estimate of drug-likeness (QED) is 0.389. The first-order chi connectivity index (χ1) is 9.31. The van der Waals surface area contributed by atoms with Crippen molar-refractivity contribution in [2.75, 3.05) is 7.11 Å². The van der Waals surface area contributed by atoms with E-state index in [0.29, 0.717) is 0 Å². The van der Waals surface area contributed by atoms with E-state index in [9.17, 15) is 0 Å². The summed E-state index contributed by atoms with van der Waals surface area (Å²) in [7, 11) is 1.62. The van der Waals surface area contributed by atoms with Gasteiger partial charge in [0.05, 0.1) is 24.7 Å². The molecule has 0 heterocycles. The average Bonchev–Trinajstić information content (AvgIpc) is 2.47. The van der Waals surface area contributed by atoms with E-state index in [1.165, 1.54) is 6.21 Å². The van der Waals surface area contributed by atoms with Gasteiger partial charge in [-0.25, -0.2) is 0 Å². The largest absolute Gasteiger partial charge is 0.497 e. The molecule has 0 amide bonds. The Hall–Kier alpha value is -2.69. The second-order valence-electron chi connectivity index (χ2n) is 3.73. The molecule has 0 saturated carbocycles. The zero-order valence-corrected chi connectivity index (χ0v) is 10.4. The van der Waals surface area contributed by atoms with Crippen molar-refractivity contribution in [2.24, 2.45) is 15.4 Å². The lowest BCUT2D eigenvalue weighted by molar-refractivity contribution is 0.322. The highest BCUT2D eigenvalue weighted by Crippen LogP contribution is 2.21. The maximum atomic E-state index is 8.40. The SMILES string of the molecule is COc1ccc(N=Nc2ccc(C=NO)cc2)cc1. The van der Waals surface area contributed by atoms with Crippen LogP contribution in [-0.4, -0.2) is 18.5 Å². The highest BCUT2D eigenvalue weighted by atomic mass is 16.5. The first kappa shape index (κ1) is 12.8. The molecule has 2 rings (SSSR count). The van der Waals surface area contributed by atoms with Gasteiger partial charge in [0.15, 0.2) is 0 Å². The summed E-state index contributed by atoms with van der Waals surface area (Å²) in [5.74, 6) is 0.784. The van der Waals surface area contributed by atoms with Gasteiger partial charge in [-0.2, -0.15) is 10.2 Å². The van der Waals surface area contributed by atoms with Crippen LogP contribution in [0.25, 0.3) is 0 Å². The molecule has 0 aliphatic rings. The standard InChI is InChI=1S/C14H13N3O2/c1-19-14-8-6-13(7-9-14)17-16-12-4-2-11(3-5-12)10-15-18/h2-10,18H,1H3. The van der Waals surface area contributed by atoms with Crippen LogP contribution in [0.1, 0.15) is 5.56 Å². The predicted molar refractivity (Wildman–Crippen MR) is 73.0 cm³/mol. The fourth-order valence-electron chi connectivity index (χ4n) is 1.46. The van der Waals surface area contributed by atoms with Gasteiger partial charge in [0.2, 0.25) is 0 Å². The smallest absolute Gasteiger partial charge is 0.119 e. The third-order valence-electron chi connectivity index (χ3n) is 2.45. The fourth-order valence-corrected chi connectivity index (χ4v) is 1.46. The molecule has 19 heavy (non-hydrogen) atoms. The molecule has 0 spiro atoms. The van der Waals surface area contributed by atoms with Crippen LogP contribution in [0, 0.1) is 0 Å². The molecule has 0 unspecified atom stereocenters. The summed E-state index contributed by atoms with van der Waals surface area (Å²) in [5.41, 5.74) is 2.28.